The van der Waals surface area contributed by atoms with E-state index in [1.807, 2.05) is 54.7 Å². The van der Waals surface area contributed by atoms with Gasteiger partial charge >= 0.3 is 0 Å². The summed E-state index contributed by atoms with van der Waals surface area (Å²) < 4.78 is 11.6. The predicted octanol–water partition coefficient (Wildman–Crippen LogP) is 5.56. The van der Waals surface area contributed by atoms with Crippen molar-refractivity contribution in [2.75, 3.05) is 5.32 Å². The second-order valence-electron chi connectivity index (χ2n) is 7.61. The van der Waals surface area contributed by atoms with Crippen molar-refractivity contribution in [3.05, 3.63) is 109 Å². The minimum Gasteiger partial charge on any atom is -0.364 e. The number of rotatable bonds is 6. The maximum absolute atomic E-state index is 11.6. The number of benzene rings is 3. The number of hydrogen-bond donors (Lipinski definition) is 2. The van der Waals surface area contributed by atoms with Crippen LogP contribution in [0.15, 0.2) is 108 Å². The largest absolute Gasteiger partial charge is 0.364 e. The second-order valence-corrected chi connectivity index (χ2v) is 8.68. The van der Waals surface area contributed by atoms with E-state index in [1.165, 1.54) is 0 Å². The SMILES string of the molecule is NS(=O)c1ccc(-c2cnc(NCc3ccccn3)c3c(-c4ccccc4)cccc23)cc1. The minimum absolute atomic E-state index is 0.572. The molecule has 0 bridgehead atoms. The first-order valence-electron chi connectivity index (χ1n) is 10.6. The smallest absolute Gasteiger partial charge is 0.134 e. The Balaban J connectivity index is 1.67. The van der Waals surface area contributed by atoms with Crippen LogP contribution in [-0.4, -0.2) is 14.2 Å². The number of nitrogens with one attached hydrogen (secondary N) is 1. The average molecular weight is 451 g/mol. The van der Waals surface area contributed by atoms with Crippen molar-refractivity contribution < 1.29 is 4.21 Å². The number of fused-ring (bicyclic) bond motifs is 1. The van der Waals surface area contributed by atoms with Crippen LogP contribution < -0.4 is 10.5 Å². The number of aromatic nitrogens is 2. The van der Waals surface area contributed by atoms with Crippen molar-refractivity contribution in [3.63, 3.8) is 0 Å². The molecule has 6 heteroatoms. The van der Waals surface area contributed by atoms with Crippen molar-refractivity contribution in [2.45, 2.75) is 11.4 Å². The van der Waals surface area contributed by atoms with Gasteiger partial charge in [-0.2, -0.15) is 0 Å². The highest BCUT2D eigenvalue weighted by Crippen LogP contribution is 2.38. The Morgan fingerprint density at radius 2 is 1.52 bits per heavy atom. The van der Waals surface area contributed by atoms with E-state index in [9.17, 15) is 4.21 Å². The van der Waals surface area contributed by atoms with Crippen molar-refractivity contribution in [1.82, 2.24) is 9.97 Å². The number of anilines is 1. The molecule has 0 saturated heterocycles. The van der Waals surface area contributed by atoms with Crippen LogP contribution in [-0.2, 0) is 17.5 Å². The summed E-state index contributed by atoms with van der Waals surface area (Å²) in [5.41, 5.74) is 5.16. The molecule has 0 radical (unpaired) electrons. The van der Waals surface area contributed by atoms with Gasteiger partial charge in [0.2, 0.25) is 0 Å². The van der Waals surface area contributed by atoms with Gasteiger partial charge in [-0.15, -0.1) is 0 Å². The molecule has 0 spiro atoms. The third-order valence-corrected chi connectivity index (χ3v) is 6.30. The summed E-state index contributed by atoms with van der Waals surface area (Å²) in [6.45, 7) is 0.572. The summed E-state index contributed by atoms with van der Waals surface area (Å²) in [4.78, 5) is 9.83. The predicted molar refractivity (Wildman–Crippen MR) is 135 cm³/mol. The molecular formula is C27H22N4OS. The molecule has 1 unspecified atom stereocenters. The zero-order chi connectivity index (χ0) is 22.6. The molecule has 3 N–H and O–H groups in total. The lowest BCUT2D eigenvalue weighted by Gasteiger charge is -2.16. The van der Waals surface area contributed by atoms with E-state index in [1.54, 1.807) is 18.3 Å². The highest BCUT2D eigenvalue weighted by atomic mass is 32.2. The van der Waals surface area contributed by atoms with Gasteiger partial charge < -0.3 is 5.32 Å². The molecule has 0 aliphatic heterocycles. The van der Waals surface area contributed by atoms with Gasteiger partial charge in [0, 0.05) is 23.3 Å². The van der Waals surface area contributed by atoms with Crippen molar-refractivity contribution in [1.29, 1.82) is 0 Å². The normalized spacial score (nSPS) is 11.9. The Morgan fingerprint density at radius 1 is 0.758 bits per heavy atom. The quantitative estimate of drug-likeness (QED) is 0.355. The molecule has 5 rings (SSSR count). The lowest BCUT2D eigenvalue weighted by Crippen LogP contribution is -2.04. The van der Waals surface area contributed by atoms with E-state index in [0.29, 0.717) is 11.4 Å². The van der Waals surface area contributed by atoms with Gasteiger partial charge in [0.1, 0.15) is 16.8 Å². The van der Waals surface area contributed by atoms with Crippen LogP contribution in [0.5, 0.6) is 0 Å². The first-order chi connectivity index (χ1) is 16.2. The van der Waals surface area contributed by atoms with E-state index in [-0.39, 0.29) is 0 Å². The molecule has 0 amide bonds. The standard InChI is InChI=1S/C27H22N4OS/c28-33(32)22-14-12-20(13-15-22)25-18-31-27(30-17-21-9-4-5-16-29-21)26-23(10-6-11-24(25)26)19-7-2-1-3-8-19/h1-16,18H,17,28H2,(H,30,31). The van der Waals surface area contributed by atoms with Gasteiger partial charge in [0.15, 0.2) is 0 Å². The highest BCUT2D eigenvalue weighted by molar-refractivity contribution is 7.82. The molecule has 0 fully saturated rings. The van der Waals surface area contributed by atoms with Crippen LogP contribution in [0.3, 0.4) is 0 Å². The topological polar surface area (TPSA) is 80.9 Å². The number of hydrogen-bond acceptors (Lipinski definition) is 4. The summed E-state index contributed by atoms with van der Waals surface area (Å²) in [5.74, 6) is 0.804. The fourth-order valence-corrected chi connectivity index (χ4v) is 4.37. The monoisotopic (exact) mass is 450 g/mol. The zero-order valence-corrected chi connectivity index (χ0v) is 18.6. The Bertz CT molecular complexity index is 1420. The molecule has 0 saturated carbocycles. The summed E-state index contributed by atoms with van der Waals surface area (Å²) in [7, 11) is -1.51. The summed E-state index contributed by atoms with van der Waals surface area (Å²) in [5, 5.41) is 11.1. The molecule has 2 heterocycles. The van der Waals surface area contributed by atoms with Crippen molar-refractivity contribution in [2.24, 2.45) is 5.14 Å². The third kappa shape index (κ3) is 4.39. The number of pyridine rings is 2. The van der Waals surface area contributed by atoms with Crippen LogP contribution in [0.2, 0.25) is 0 Å². The van der Waals surface area contributed by atoms with Gasteiger partial charge in [-0.25, -0.2) is 14.3 Å². The van der Waals surface area contributed by atoms with E-state index in [4.69, 9.17) is 10.1 Å². The molecule has 0 aliphatic rings. The van der Waals surface area contributed by atoms with Gasteiger partial charge in [-0.3, -0.25) is 4.98 Å². The van der Waals surface area contributed by atoms with E-state index >= 15 is 0 Å². The Hall–Kier alpha value is -3.87. The van der Waals surface area contributed by atoms with Crippen molar-refractivity contribution >= 4 is 27.6 Å². The van der Waals surface area contributed by atoms with Crippen LogP contribution in [0.1, 0.15) is 5.69 Å². The van der Waals surface area contributed by atoms with Gasteiger partial charge in [-0.05, 0) is 46.3 Å². The number of nitrogens with zero attached hydrogens (tertiary/aromatic N) is 2. The van der Waals surface area contributed by atoms with E-state index < -0.39 is 11.0 Å². The fraction of sp³-hybridized carbons (Fsp3) is 0.0370. The number of nitrogens with two attached hydrogens (primary N) is 1. The van der Waals surface area contributed by atoms with Crippen LogP contribution >= 0.6 is 0 Å². The zero-order valence-electron chi connectivity index (χ0n) is 17.8. The lowest BCUT2D eigenvalue weighted by atomic mass is 9.94. The molecule has 0 aliphatic carbocycles. The molecule has 162 valence electrons. The highest BCUT2D eigenvalue weighted by Gasteiger charge is 2.14. The Labute approximate surface area is 194 Å². The molecular weight excluding hydrogens is 428 g/mol. The van der Waals surface area contributed by atoms with Crippen LogP contribution in [0, 0.1) is 0 Å². The Morgan fingerprint density at radius 3 is 2.24 bits per heavy atom. The average Bonchev–Trinajstić information content (AvgIpc) is 2.88. The second kappa shape index (κ2) is 9.32. The molecule has 1 atom stereocenters. The fourth-order valence-electron chi connectivity index (χ4n) is 3.96. The van der Waals surface area contributed by atoms with Gasteiger partial charge in [-0.1, -0.05) is 66.7 Å². The Kier molecular flexibility index (Phi) is 5.93. The molecule has 5 aromatic rings. The molecule has 3 aromatic carbocycles. The maximum Gasteiger partial charge on any atom is 0.134 e. The third-order valence-electron chi connectivity index (χ3n) is 5.56. The molecule has 5 nitrogen and oxygen atoms in total. The van der Waals surface area contributed by atoms with Crippen LogP contribution in [0.4, 0.5) is 5.82 Å². The van der Waals surface area contributed by atoms with Crippen molar-refractivity contribution in [3.8, 4) is 22.3 Å². The first-order valence-corrected chi connectivity index (χ1v) is 11.8. The van der Waals surface area contributed by atoms with E-state index in [0.717, 1.165) is 44.5 Å². The van der Waals surface area contributed by atoms with E-state index in [2.05, 4.69) is 40.6 Å². The van der Waals surface area contributed by atoms with Gasteiger partial charge in [0.25, 0.3) is 0 Å². The molecule has 33 heavy (non-hydrogen) atoms. The van der Waals surface area contributed by atoms with Gasteiger partial charge in [0.05, 0.1) is 17.1 Å². The molecule has 2 aromatic heterocycles. The maximum atomic E-state index is 11.6. The summed E-state index contributed by atoms with van der Waals surface area (Å²) in [6.07, 6.45) is 3.67. The summed E-state index contributed by atoms with van der Waals surface area (Å²) in [6, 6.07) is 30.0. The summed E-state index contributed by atoms with van der Waals surface area (Å²) >= 11 is 0. The lowest BCUT2D eigenvalue weighted by molar-refractivity contribution is 0.684. The van der Waals surface area contributed by atoms with Crippen LogP contribution in [0.25, 0.3) is 33.0 Å². The minimum atomic E-state index is -1.51. The first kappa shape index (κ1) is 21.0.